The molecule has 0 fully saturated rings. The molecule has 0 aliphatic rings. The van der Waals surface area contributed by atoms with Gasteiger partial charge in [-0.25, -0.2) is 4.98 Å². The molecular weight excluding hydrogens is 359 g/mol. The zero-order valence-electron chi connectivity index (χ0n) is 13.5. The number of hydrogen-bond acceptors (Lipinski definition) is 3. The zero-order chi connectivity index (χ0) is 18.0. The molecule has 0 amide bonds. The van der Waals surface area contributed by atoms with Crippen molar-refractivity contribution in [1.29, 1.82) is 0 Å². The summed E-state index contributed by atoms with van der Waals surface area (Å²) in [6, 6.07) is 14.3. The van der Waals surface area contributed by atoms with Gasteiger partial charge >= 0.3 is 5.97 Å². The van der Waals surface area contributed by atoms with E-state index < -0.39 is 12.0 Å². The number of rotatable bonds is 5. The van der Waals surface area contributed by atoms with Crippen LogP contribution >= 0.6 is 23.2 Å². The van der Waals surface area contributed by atoms with Crippen LogP contribution in [0.15, 0.2) is 48.5 Å². The van der Waals surface area contributed by atoms with Gasteiger partial charge in [0, 0.05) is 10.9 Å². The van der Waals surface area contributed by atoms with Gasteiger partial charge in [-0.15, -0.1) is 0 Å². The zero-order valence-corrected chi connectivity index (χ0v) is 15.0. The van der Waals surface area contributed by atoms with Gasteiger partial charge in [0.1, 0.15) is 6.04 Å². The van der Waals surface area contributed by atoms with Gasteiger partial charge in [0.2, 0.25) is 0 Å². The molecule has 0 saturated carbocycles. The monoisotopic (exact) mass is 374 g/mol. The Kier molecular flexibility index (Phi) is 5.23. The van der Waals surface area contributed by atoms with Crippen LogP contribution in [-0.4, -0.2) is 29.1 Å². The topological polar surface area (TPSA) is 62.2 Å². The molecule has 1 unspecified atom stereocenters. The van der Waals surface area contributed by atoms with Crippen molar-refractivity contribution < 1.29 is 9.90 Å². The Labute approximate surface area is 155 Å². The number of nitrogens with zero attached hydrogens (tertiary/aromatic N) is 1. The van der Waals surface area contributed by atoms with Crippen molar-refractivity contribution in [2.24, 2.45) is 0 Å². The number of aromatic nitrogens is 1. The van der Waals surface area contributed by atoms with Crippen LogP contribution in [0.5, 0.6) is 0 Å². The fourth-order valence-corrected chi connectivity index (χ4v) is 3.32. The molecule has 1 aromatic heterocycles. The molecule has 0 aliphatic heterocycles. The normalized spacial score (nSPS) is 12.3. The summed E-state index contributed by atoms with van der Waals surface area (Å²) in [6.45, 7) is 0. The fraction of sp³-hybridized carbons (Fsp3) is 0.158. The van der Waals surface area contributed by atoms with Gasteiger partial charge in [0.05, 0.1) is 21.3 Å². The molecule has 0 saturated heterocycles. The van der Waals surface area contributed by atoms with E-state index >= 15 is 0 Å². The molecule has 6 heteroatoms. The molecule has 1 atom stereocenters. The van der Waals surface area contributed by atoms with Crippen LogP contribution in [0.3, 0.4) is 0 Å². The minimum Gasteiger partial charge on any atom is -0.480 e. The predicted octanol–water partition coefficient (Wildman–Crippen LogP) is 4.42. The van der Waals surface area contributed by atoms with Crippen molar-refractivity contribution in [3.05, 3.63) is 64.1 Å². The first-order chi connectivity index (χ1) is 12.0. The lowest BCUT2D eigenvalue weighted by molar-refractivity contribution is -0.139. The Bertz CT molecular complexity index is 924. The van der Waals surface area contributed by atoms with Crippen LogP contribution in [0.2, 0.25) is 10.0 Å². The van der Waals surface area contributed by atoms with E-state index in [1.54, 1.807) is 25.2 Å². The summed E-state index contributed by atoms with van der Waals surface area (Å²) in [6.07, 6.45) is 0.403. The summed E-state index contributed by atoms with van der Waals surface area (Å²) >= 11 is 12.5. The fourth-order valence-electron chi connectivity index (χ4n) is 2.73. The van der Waals surface area contributed by atoms with Gasteiger partial charge in [-0.05, 0) is 49.4 Å². The van der Waals surface area contributed by atoms with E-state index in [-0.39, 0.29) is 0 Å². The number of benzene rings is 2. The van der Waals surface area contributed by atoms with Crippen LogP contribution in [0.1, 0.15) is 5.56 Å². The maximum atomic E-state index is 11.2. The van der Waals surface area contributed by atoms with Crippen LogP contribution in [0, 0.1) is 0 Å². The highest BCUT2D eigenvalue weighted by atomic mass is 35.5. The number of likely N-dealkylation sites (N-methyl/N-ethyl adjacent to an activating group) is 1. The average Bonchev–Trinajstić information content (AvgIpc) is 2.59. The second-order valence-corrected chi connectivity index (χ2v) is 6.52. The second kappa shape index (κ2) is 7.40. The van der Waals surface area contributed by atoms with Gasteiger partial charge in [-0.3, -0.25) is 4.79 Å². The minimum absolute atomic E-state index is 0.403. The number of carbonyl (C=O) groups is 1. The molecule has 2 N–H and O–H groups in total. The smallest absolute Gasteiger partial charge is 0.321 e. The van der Waals surface area contributed by atoms with Crippen molar-refractivity contribution in [3.63, 3.8) is 0 Å². The highest BCUT2D eigenvalue weighted by Gasteiger charge is 2.16. The summed E-state index contributed by atoms with van der Waals surface area (Å²) in [7, 11) is 1.64. The van der Waals surface area contributed by atoms with Crippen LogP contribution < -0.4 is 5.32 Å². The molecular formula is C19H16Cl2N2O2. The molecule has 128 valence electrons. The quantitative estimate of drug-likeness (QED) is 0.693. The van der Waals surface area contributed by atoms with E-state index in [4.69, 9.17) is 28.3 Å². The number of pyridine rings is 1. The largest absolute Gasteiger partial charge is 0.480 e. The highest BCUT2D eigenvalue weighted by Crippen LogP contribution is 2.34. The van der Waals surface area contributed by atoms with E-state index in [9.17, 15) is 4.79 Å². The van der Waals surface area contributed by atoms with Gasteiger partial charge < -0.3 is 10.4 Å². The Balaban J connectivity index is 1.98. The number of carboxylic acid groups (broad SMARTS) is 1. The molecule has 25 heavy (non-hydrogen) atoms. The number of nitrogens with one attached hydrogen (secondary N) is 1. The summed E-state index contributed by atoms with van der Waals surface area (Å²) < 4.78 is 0. The van der Waals surface area contributed by atoms with E-state index in [1.165, 1.54) is 0 Å². The first-order valence-corrected chi connectivity index (χ1v) is 8.49. The van der Waals surface area contributed by atoms with Crippen molar-refractivity contribution >= 4 is 40.1 Å². The van der Waals surface area contributed by atoms with Crippen molar-refractivity contribution in [2.45, 2.75) is 12.5 Å². The summed E-state index contributed by atoms with van der Waals surface area (Å²) in [5, 5.41) is 14.0. The van der Waals surface area contributed by atoms with E-state index in [2.05, 4.69) is 10.3 Å². The molecule has 3 rings (SSSR count). The third-order valence-corrected chi connectivity index (χ3v) is 4.69. The van der Waals surface area contributed by atoms with E-state index in [0.29, 0.717) is 27.7 Å². The van der Waals surface area contributed by atoms with Crippen LogP contribution in [-0.2, 0) is 11.2 Å². The maximum absolute atomic E-state index is 11.2. The number of halogens is 2. The number of aliphatic carboxylic acids is 1. The molecule has 0 aliphatic carbocycles. The molecule has 0 spiro atoms. The molecule has 0 radical (unpaired) electrons. The lowest BCUT2D eigenvalue weighted by atomic mass is 10.0. The second-order valence-electron chi connectivity index (χ2n) is 5.70. The number of fused-ring (bicyclic) bond motifs is 1. The molecule has 3 aromatic rings. The highest BCUT2D eigenvalue weighted by molar-refractivity contribution is 6.39. The first kappa shape index (κ1) is 17.7. The van der Waals surface area contributed by atoms with E-state index in [1.807, 2.05) is 30.3 Å². The summed E-state index contributed by atoms with van der Waals surface area (Å²) in [5.41, 5.74) is 3.14. The van der Waals surface area contributed by atoms with Crippen molar-refractivity contribution in [3.8, 4) is 11.3 Å². The van der Waals surface area contributed by atoms with Gasteiger partial charge in [-0.2, -0.15) is 0 Å². The lowest BCUT2D eigenvalue weighted by Gasteiger charge is -2.12. The number of carboxylic acids is 1. The Hall–Kier alpha value is -2.14. The predicted molar refractivity (Wildman–Crippen MR) is 101 cm³/mol. The molecule has 0 bridgehead atoms. The molecule has 4 nitrogen and oxygen atoms in total. The van der Waals surface area contributed by atoms with Crippen LogP contribution in [0.25, 0.3) is 22.2 Å². The van der Waals surface area contributed by atoms with Crippen molar-refractivity contribution in [2.75, 3.05) is 7.05 Å². The summed E-state index contributed by atoms with van der Waals surface area (Å²) in [4.78, 5) is 15.8. The Morgan fingerprint density at radius 3 is 2.52 bits per heavy atom. The standard InChI is InChI=1S/C19H16Cl2N2O2/c1-22-17(19(24)25)10-11-5-7-15-12(9-11)6-8-16(23-15)18-13(20)3-2-4-14(18)21/h2-9,17,22H,10H2,1H3,(H,24,25). The summed E-state index contributed by atoms with van der Waals surface area (Å²) in [5.74, 6) is -0.871. The van der Waals surface area contributed by atoms with Crippen molar-refractivity contribution in [1.82, 2.24) is 10.3 Å². The van der Waals surface area contributed by atoms with Gasteiger partial charge in [-0.1, -0.05) is 41.4 Å². The maximum Gasteiger partial charge on any atom is 0.321 e. The first-order valence-electron chi connectivity index (χ1n) is 7.73. The van der Waals surface area contributed by atoms with Gasteiger partial charge in [0.15, 0.2) is 0 Å². The third-order valence-electron chi connectivity index (χ3n) is 4.06. The Morgan fingerprint density at radius 2 is 1.88 bits per heavy atom. The Morgan fingerprint density at radius 1 is 1.16 bits per heavy atom. The average molecular weight is 375 g/mol. The van der Waals surface area contributed by atoms with Gasteiger partial charge in [0.25, 0.3) is 0 Å². The SMILES string of the molecule is CNC(Cc1ccc2nc(-c3c(Cl)cccc3Cl)ccc2c1)C(=O)O. The molecule has 1 heterocycles. The third kappa shape index (κ3) is 3.76. The van der Waals surface area contributed by atoms with Crippen LogP contribution in [0.4, 0.5) is 0 Å². The number of hydrogen-bond donors (Lipinski definition) is 2. The van der Waals surface area contributed by atoms with E-state index in [0.717, 1.165) is 16.5 Å². The molecule has 2 aromatic carbocycles. The lowest BCUT2D eigenvalue weighted by Crippen LogP contribution is -2.35. The minimum atomic E-state index is -0.871.